The lowest BCUT2D eigenvalue weighted by Crippen LogP contribution is -2.36. The number of thioether (sulfide) groups is 1. The van der Waals surface area contributed by atoms with Crippen molar-refractivity contribution >= 4 is 32.9 Å². The van der Waals surface area contributed by atoms with Crippen molar-refractivity contribution in [3.8, 4) is 0 Å². The molecule has 5 nitrogen and oxygen atoms in total. The number of benzene rings is 1. The van der Waals surface area contributed by atoms with Crippen molar-refractivity contribution in [2.75, 3.05) is 12.3 Å². The van der Waals surface area contributed by atoms with Crippen LogP contribution in [0.3, 0.4) is 0 Å². The van der Waals surface area contributed by atoms with E-state index >= 15 is 0 Å². The van der Waals surface area contributed by atoms with Crippen LogP contribution in [0.1, 0.15) is 5.56 Å². The standard InChI is InChI=1S/C13H14N2O3S2/c1-3-8-14-13-15(12(16)9-19-13)20(17,18)11-6-4-10(2)5-7-11/h3-7H,1,8-9H2,2H3. The molecule has 1 fully saturated rings. The van der Waals surface area contributed by atoms with Crippen LogP contribution in [0.4, 0.5) is 0 Å². The molecule has 0 spiro atoms. The molecule has 0 aromatic heterocycles. The first-order valence-electron chi connectivity index (χ1n) is 5.90. The van der Waals surface area contributed by atoms with Crippen molar-refractivity contribution in [1.82, 2.24) is 4.31 Å². The molecule has 0 N–H and O–H groups in total. The Morgan fingerprint density at radius 3 is 2.65 bits per heavy atom. The van der Waals surface area contributed by atoms with Crippen molar-refractivity contribution in [3.63, 3.8) is 0 Å². The van der Waals surface area contributed by atoms with Crippen LogP contribution in [0.15, 0.2) is 46.8 Å². The van der Waals surface area contributed by atoms with Gasteiger partial charge in [0, 0.05) is 0 Å². The van der Waals surface area contributed by atoms with E-state index in [1.807, 2.05) is 6.92 Å². The Balaban J connectivity index is 2.43. The average Bonchev–Trinajstić information content (AvgIpc) is 2.78. The van der Waals surface area contributed by atoms with E-state index in [9.17, 15) is 13.2 Å². The lowest BCUT2D eigenvalue weighted by atomic mass is 10.2. The first kappa shape index (κ1) is 14.8. The molecule has 1 heterocycles. The number of hydrogen-bond donors (Lipinski definition) is 0. The van der Waals surface area contributed by atoms with Crippen molar-refractivity contribution in [2.24, 2.45) is 4.99 Å². The molecule has 7 heteroatoms. The van der Waals surface area contributed by atoms with Crippen molar-refractivity contribution in [2.45, 2.75) is 11.8 Å². The molecule has 0 atom stereocenters. The molecule has 106 valence electrons. The van der Waals surface area contributed by atoms with Crippen molar-refractivity contribution in [3.05, 3.63) is 42.5 Å². The van der Waals surface area contributed by atoms with E-state index in [-0.39, 0.29) is 22.4 Å². The first-order valence-corrected chi connectivity index (χ1v) is 8.32. The average molecular weight is 310 g/mol. The highest BCUT2D eigenvalue weighted by Crippen LogP contribution is 2.27. The van der Waals surface area contributed by atoms with E-state index in [1.165, 1.54) is 12.1 Å². The van der Waals surface area contributed by atoms with Gasteiger partial charge in [-0.2, -0.15) is 4.31 Å². The number of aliphatic imine (C=N–C) groups is 1. The summed E-state index contributed by atoms with van der Waals surface area (Å²) in [5.41, 5.74) is 0.951. The SMILES string of the molecule is C=CCN=C1SCC(=O)N1S(=O)(=O)c1ccc(C)cc1. The van der Waals surface area contributed by atoms with Crippen LogP contribution in [0.2, 0.25) is 0 Å². The molecule has 0 aliphatic carbocycles. The van der Waals surface area contributed by atoms with Gasteiger partial charge in [-0.1, -0.05) is 35.5 Å². The maximum atomic E-state index is 12.5. The largest absolute Gasteiger partial charge is 0.272 e. The van der Waals surface area contributed by atoms with Gasteiger partial charge in [-0.05, 0) is 19.1 Å². The van der Waals surface area contributed by atoms with Gasteiger partial charge in [0.1, 0.15) is 0 Å². The molecule has 1 aliphatic heterocycles. The molecular weight excluding hydrogens is 296 g/mol. The van der Waals surface area contributed by atoms with Crippen molar-refractivity contribution in [1.29, 1.82) is 0 Å². The third-order valence-corrected chi connectivity index (χ3v) is 5.44. The second kappa shape index (κ2) is 5.80. The Kier molecular flexibility index (Phi) is 4.29. The highest BCUT2D eigenvalue weighted by Gasteiger charge is 2.38. The van der Waals surface area contributed by atoms with Gasteiger partial charge in [0.05, 0.1) is 17.2 Å². The van der Waals surface area contributed by atoms with Crippen LogP contribution < -0.4 is 0 Å². The predicted octanol–water partition coefficient (Wildman–Crippen LogP) is 1.80. The summed E-state index contributed by atoms with van der Waals surface area (Å²) in [4.78, 5) is 16.0. The molecule has 2 rings (SSSR count). The lowest BCUT2D eigenvalue weighted by Gasteiger charge is -2.16. The van der Waals surface area contributed by atoms with Gasteiger partial charge in [-0.25, -0.2) is 8.42 Å². The summed E-state index contributed by atoms with van der Waals surface area (Å²) in [5.74, 6) is -0.389. The third kappa shape index (κ3) is 2.78. The summed E-state index contributed by atoms with van der Waals surface area (Å²) in [6, 6.07) is 6.38. The minimum atomic E-state index is -3.89. The Morgan fingerprint density at radius 1 is 1.40 bits per heavy atom. The molecule has 0 bridgehead atoms. The molecule has 1 saturated heterocycles. The molecule has 0 radical (unpaired) electrons. The Hall–Kier alpha value is -1.60. The predicted molar refractivity (Wildman–Crippen MR) is 80.2 cm³/mol. The Labute approximate surface area is 122 Å². The number of rotatable bonds is 4. The van der Waals surface area contributed by atoms with Gasteiger partial charge >= 0.3 is 0 Å². The summed E-state index contributed by atoms with van der Waals surface area (Å²) in [6.45, 7) is 5.67. The van der Waals surface area contributed by atoms with Crippen LogP contribution in [-0.2, 0) is 14.8 Å². The zero-order valence-electron chi connectivity index (χ0n) is 10.9. The highest BCUT2D eigenvalue weighted by molar-refractivity contribution is 8.16. The van der Waals surface area contributed by atoms with Crippen molar-refractivity contribution < 1.29 is 13.2 Å². The van der Waals surface area contributed by atoms with Crippen LogP contribution in [0.25, 0.3) is 0 Å². The maximum Gasteiger partial charge on any atom is 0.272 e. The molecule has 1 amide bonds. The third-order valence-electron chi connectivity index (χ3n) is 2.64. The normalized spacial score (nSPS) is 17.8. The van der Waals surface area contributed by atoms with Crippen LogP contribution in [0, 0.1) is 6.92 Å². The summed E-state index contributed by atoms with van der Waals surface area (Å²) < 4.78 is 25.8. The van der Waals surface area contributed by atoms with E-state index in [0.717, 1.165) is 21.6 Å². The molecule has 0 unspecified atom stereocenters. The minimum absolute atomic E-state index is 0.0844. The van der Waals surface area contributed by atoms with E-state index < -0.39 is 15.9 Å². The van der Waals surface area contributed by atoms with Gasteiger partial charge in [-0.3, -0.25) is 9.79 Å². The van der Waals surface area contributed by atoms with Gasteiger partial charge in [-0.15, -0.1) is 6.58 Å². The summed E-state index contributed by atoms with van der Waals surface area (Å²) in [7, 11) is -3.89. The lowest BCUT2D eigenvalue weighted by molar-refractivity contribution is -0.120. The number of aryl methyl sites for hydroxylation is 1. The summed E-state index contributed by atoms with van der Waals surface area (Å²) in [6.07, 6.45) is 1.55. The number of carbonyl (C=O) groups excluding carboxylic acids is 1. The highest BCUT2D eigenvalue weighted by atomic mass is 32.2. The zero-order chi connectivity index (χ0) is 14.8. The van der Waals surface area contributed by atoms with Gasteiger partial charge in [0.25, 0.3) is 15.9 Å². The quantitative estimate of drug-likeness (QED) is 0.795. The molecule has 1 aromatic carbocycles. The van der Waals surface area contributed by atoms with E-state index in [2.05, 4.69) is 11.6 Å². The number of hydrogen-bond acceptors (Lipinski definition) is 5. The second-order valence-corrected chi connectivity index (χ2v) is 6.91. The fourth-order valence-corrected chi connectivity index (χ4v) is 4.24. The minimum Gasteiger partial charge on any atom is -0.272 e. The number of amides is 1. The van der Waals surface area contributed by atoms with Gasteiger partial charge in [0.2, 0.25) is 0 Å². The van der Waals surface area contributed by atoms with Crippen LogP contribution >= 0.6 is 11.8 Å². The van der Waals surface area contributed by atoms with Crippen LogP contribution in [0.5, 0.6) is 0 Å². The van der Waals surface area contributed by atoms with Crippen LogP contribution in [-0.4, -0.2) is 36.1 Å². The topological polar surface area (TPSA) is 66.8 Å². The number of amidine groups is 1. The fourth-order valence-electron chi connectivity index (χ4n) is 1.66. The summed E-state index contributed by atoms with van der Waals surface area (Å²) in [5, 5.41) is 0.204. The molecule has 1 aromatic rings. The maximum absolute atomic E-state index is 12.5. The smallest absolute Gasteiger partial charge is 0.272 e. The number of carbonyl (C=O) groups is 1. The summed E-state index contributed by atoms with van der Waals surface area (Å²) >= 11 is 1.12. The van der Waals surface area contributed by atoms with E-state index in [1.54, 1.807) is 18.2 Å². The molecule has 0 saturated carbocycles. The van der Waals surface area contributed by atoms with Gasteiger partial charge < -0.3 is 0 Å². The fraction of sp³-hybridized carbons (Fsp3) is 0.231. The number of nitrogens with zero attached hydrogens (tertiary/aromatic N) is 2. The first-order chi connectivity index (χ1) is 9.46. The molecular formula is C13H14N2O3S2. The number of sulfonamides is 1. The Morgan fingerprint density at radius 2 is 2.05 bits per heavy atom. The molecule has 1 aliphatic rings. The Bertz CT molecular complexity index is 663. The van der Waals surface area contributed by atoms with E-state index in [0.29, 0.717) is 0 Å². The van der Waals surface area contributed by atoms with E-state index in [4.69, 9.17) is 0 Å². The molecule has 20 heavy (non-hydrogen) atoms. The van der Waals surface area contributed by atoms with Gasteiger partial charge in [0.15, 0.2) is 5.17 Å². The zero-order valence-corrected chi connectivity index (χ0v) is 12.6. The monoisotopic (exact) mass is 310 g/mol. The second-order valence-electron chi connectivity index (χ2n) is 4.18.